The zero-order chi connectivity index (χ0) is 11.6. The molecule has 1 aliphatic heterocycles. The van der Waals surface area contributed by atoms with Crippen LogP contribution in [-0.2, 0) is 9.78 Å². The topological polar surface area (TPSA) is 129 Å². The molecule has 10 heteroatoms. The number of hydrogen-bond donors (Lipinski definition) is 5. The van der Waals surface area contributed by atoms with Crippen LogP contribution in [0.1, 0.15) is 6.92 Å². The van der Waals surface area contributed by atoms with Gasteiger partial charge in [0.15, 0.2) is 0 Å². The zero-order valence-corrected chi connectivity index (χ0v) is 7.83. The molecule has 90 valence electrons. The maximum Gasteiger partial charge on any atom is 0.252 e. The second kappa shape index (κ2) is 5.09. The van der Waals surface area contributed by atoms with Gasteiger partial charge in [0, 0.05) is 0 Å². The zero-order valence-electron chi connectivity index (χ0n) is 7.83. The van der Waals surface area contributed by atoms with Gasteiger partial charge in [0.25, 0.3) is 6.35 Å². The molecule has 5 N–H and O–H groups in total. The molecule has 0 aromatic rings. The number of hydrogen-bond acceptors (Lipinski definition) is 10. The lowest BCUT2D eigenvalue weighted by molar-refractivity contribution is -0.554. The summed E-state index contributed by atoms with van der Waals surface area (Å²) in [6.07, 6.45) is -5.60. The Morgan fingerprint density at radius 2 is 1.47 bits per heavy atom. The van der Waals surface area contributed by atoms with Gasteiger partial charge in [-0.2, -0.15) is 4.89 Å². The van der Waals surface area contributed by atoms with E-state index in [1.54, 1.807) is 6.92 Å². The molecule has 0 saturated carbocycles. The third kappa shape index (κ3) is 2.40. The predicted molar refractivity (Wildman–Crippen MR) is 39.4 cm³/mol. The van der Waals surface area contributed by atoms with E-state index < -0.39 is 19.1 Å². The summed E-state index contributed by atoms with van der Waals surface area (Å²) in [7, 11) is 0. The van der Waals surface area contributed by atoms with E-state index in [0.29, 0.717) is 0 Å². The third-order valence-corrected chi connectivity index (χ3v) is 1.67. The SMILES string of the molecule is CCOOC1N(O)C(O)N(O)C(O)N1O. The molecule has 1 saturated heterocycles. The molecule has 0 spiro atoms. The van der Waals surface area contributed by atoms with Gasteiger partial charge in [0.2, 0.25) is 12.7 Å². The lowest BCUT2D eigenvalue weighted by atomic mass is 10.6. The Morgan fingerprint density at radius 3 is 1.87 bits per heavy atom. The van der Waals surface area contributed by atoms with Crippen LogP contribution in [-0.4, -0.2) is 66.7 Å². The fourth-order valence-corrected chi connectivity index (χ4v) is 0.928. The molecular weight excluding hydrogens is 214 g/mol. The van der Waals surface area contributed by atoms with E-state index >= 15 is 0 Å². The van der Waals surface area contributed by atoms with Gasteiger partial charge in [-0.3, -0.25) is 0 Å². The van der Waals surface area contributed by atoms with Crippen molar-refractivity contribution < 1.29 is 35.6 Å². The van der Waals surface area contributed by atoms with Crippen LogP contribution < -0.4 is 0 Å². The van der Waals surface area contributed by atoms with Crippen molar-refractivity contribution in [2.45, 2.75) is 26.0 Å². The average molecular weight is 227 g/mol. The van der Waals surface area contributed by atoms with Crippen molar-refractivity contribution >= 4 is 0 Å². The Hall–Kier alpha value is -0.400. The summed E-state index contributed by atoms with van der Waals surface area (Å²) >= 11 is 0. The first kappa shape index (κ1) is 12.7. The molecule has 0 bridgehead atoms. The van der Waals surface area contributed by atoms with Crippen molar-refractivity contribution in [1.82, 2.24) is 15.2 Å². The predicted octanol–water partition coefficient (Wildman–Crippen LogP) is -2.12. The summed E-state index contributed by atoms with van der Waals surface area (Å²) in [4.78, 5) is 8.86. The molecule has 0 aromatic carbocycles. The number of aliphatic hydroxyl groups excluding tert-OH is 2. The van der Waals surface area contributed by atoms with E-state index in [2.05, 4.69) is 9.78 Å². The molecule has 1 rings (SSSR count). The van der Waals surface area contributed by atoms with E-state index in [1.807, 2.05) is 0 Å². The number of nitrogens with zero attached hydrogens (tertiary/aromatic N) is 3. The lowest BCUT2D eigenvalue weighted by Crippen LogP contribution is -2.69. The number of hydroxylamine groups is 6. The van der Waals surface area contributed by atoms with Gasteiger partial charge in [0.05, 0.1) is 6.61 Å². The molecule has 10 nitrogen and oxygen atoms in total. The molecule has 0 aromatic heterocycles. The second-order valence-electron chi connectivity index (χ2n) is 2.66. The van der Waals surface area contributed by atoms with Crippen LogP contribution >= 0.6 is 0 Å². The van der Waals surface area contributed by atoms with E-state index in [9.17, 15) is 10.4 Å². The van der Waals surface area contributed by atoms with Crippen molar-refractivity contribution in [3.8, 4) is 0 Å². The molecule has 15 heavy (non-hydrogen) atoms. The van der Waals surface area contributed by atoms with Crippen LogP contribution in [0.3, 0.4) is 0 Å². The minimum Gasteiger partial charge on any atom is -0.362 e. The molecule has 1 aliphatic rings. The summed E-state index contributed by atoms with van der Waals surface area (Å²) in [5.74, 6) is 0. The van der Waals surface area contributed by atoms with Gasteiger partial charge in [-0.1, -0.05) is 10.1 Å². The van der Waals surface area contributed by atoms with Gasteiger partial charge in [-0.05, 0) is 6.92 Å². The Labute approximate surface area is 84.5 Å². The van der Waals surface area contributed by atoms with E-state index in [0.717, 1.165) is 0 Å². The van der Waals surface area contributed by atoms with Crippen LogP contribution in [0.5, 0.6) is 0 Å². The molecule has 2 atom stereocenters. The van der Waals surface area contributed by atoms with Gasteiger partial charge in [0.1, 0.15) is 0 Å². The normalized spacial score (nSPS) is 36.0. The Kier molecular flexibility index (Phi) is 4.30. The van der Waals surface area contributed by atoms with Crippen LogP contribution in [0.4, 0.5) is 0 Å². The standard InChI is InChI=1S/C5H13N3O7/c1-2-14-15-5-7(12)3(9)6(11)4(10)8(5)13/h3-5,9-13H,2H2,1H3. The van der Waals surface area contributed by atoms with Crippen molar-refractivity contribution in [1.29, 1.82) is 0 Å². The highest BCUT2D eigenvalue weighted by molar-refractivity contribution is 4.62. The first-order valence-electron chi connectivity index (χ1n) is 4.06. The molecule has 0 aliphatic carbocycles. The molecule has 0 amide bonds. The largest absolute Gasteiger partial charge is 0.362 e. The minimum absolute atomic E-state index is 0.0301. The van der Waals surface area contributed by atoms with Crippen LogP contribution in [0.2, 0.25) is 0 Å². The molecule has 1 fully saturated rings. The van der Waals surface area contributed by atoms with E-state index in [-0.39, 0.29) is 21.8 Å². The number of aliphatic hydroxyl groups is 2. The monoisotopic (exact) mass is 227 g/mol. The fraction of sp³-hybridized carbons (Fsp3) is 1.00. The lowest BCUT2D eigenvalue weighted by Gasteiger charge is -2.44. The quantitative estimate of drug-likeness (QED) is 0.269. The average Bonchev–Trinajstić information content (AvgIpc) is 2.24. The summed E-state index contributed by atoms with van der Waals surface area (Å²) in [6.45, 7) is 1.70. The fourth-order valence-electron chi connectivity index (χ4n) is 0.928. The summed E-state index contributed by atoms with van der Waals surface area (Å²) in [5, 5.41) is 45.5. The van der Waals surface area contributed by atoms with Gasteiger partial charge in [-0.25, -0.2) is 4.89 Å². The first-order valence-corrected chi connectivity index (χ1v) is 4.06. The van der Waals surface area contributed by atoms with Gasteiger partial charge >= 0.3 is 0 Å². The van der Waals surface area contributed by atoms with E-state index in [4.69, 9.17) is 15.4 Å². The minimum atomic E-state index is -1.96. The highest BCUT2D eigenvalue weighted by Gasteiger charge is 2.46. The van der Waals surface area contributed by atoms with Crippen LogP contribution in [0, 0.1) is 0 Å². The summed E-state index contributed by atoms with van der Waals surface area (Å²) < 4.78 is 0. The Morgan fingerprint density at radius 1 is 1.00 bits per heavy atom. The maximum atomic E-state index is 9.19. The van der Waals surface area contributed by atoms with E-state index in [1.165, 1.54) is 0 Å². The molecule has 2 unspecified atom stereocenters. The highest BCUT2D eigenvalue weighted by Crippen LogP contribution is 2.19. The van der Waals surface area contributed by atoms with Crippen LogP contribution in [0.15, 0.2) is 0 Å². The van der Waals surface area contributed by atoms with Crippen molar-refractivity contribution in [2.75, 3.05) is 6.61 Å². The van der Waals surface area contributed by atoms with Crippen LogP contribution in [0.25, 0.3) is 0 Å². The van der Waals surface area contributed by atoms with Crippen molar-refractivity contribution in [3.05, 3.63) is 0 Å². The second-order valence-corrected chi connectivity index (χ2v) is 2.66. The number of rotatable bonds is 3. The molecule has 1 heterocycles. The van der Waals surface area contributed by atoms with Gasteiger partial charge < -0.3 is 25.8 Å². The van der Waals surface area contributed by atoms with Crippen molar-refractivity contribution in [3.63, 3.8) is 0 Å². The third-order valence-electron chi connectivity index (χ3n) is 1.67. The first-order chi connectivity index (χ1) is 7.00. The smallest absolute Gasteiger partial charge is 0.252 e. The molecule has 0 radical (unpaired) electrons. The van der Waals surface area contributed by atoms with Crippen molar-refractivity contribution in [2.24, 2.45) is 0 Å². The summed E-state index contributed by atoms with van der Waals surface area (Å²) in [5.41, 5.74) is 0. The summed E-state index contributed by atoms with van der Waals surface area (Å²) in [6, 6.07) is 0. The Bertz CT molecular complexity index is 191. The Balaban J connectivity index is 2.68. The highest BCUT2D eigenvalue weighted by atomic mass is 17.2. The van der Waals surface area contributed by atoms with Gasteiger partial charge in [-0.15, -0.1) is 5.06 Å². The molecular formula is C5H13N3O7. The maximum absolute atomic E-state index is 9.19.